The minimum absolute atomic E-state index is 0.139. The van der Waals surface area contributed by atoms with Crippen molar-refractivity contribution in [2.24, 2.45) is 0 Å². The summed E-state index contributed by atoms with van der Waals surface area (Å²) in [7, 11) is 0. The maximum absolute atomic E-state index is 9.24. The Morgan fingerprint density at radius 1 is 1.36 bits per heavy atom. The van der Waals surface area contributed by atoms with Crippen LogP contribution in [0, 0.1) is 0 Å². The number of benzene rings is 1. The first-order chi connectivity index (χ1) is 6.84. The van der Waals surface area contributed by atoms with Gasteiger partial charge in [0.2, 0.25) is 5.89 Å². The molecule has 1 saturated carbocycles. The number of aliphatic hydroxyl groups excluding tert-OH is 1. The minimum atomic E-state index is -0.168. The van der Waals surface area contributed by atoms with Gasteiger partial charge in [0, 0.05) is 0 Å². The van der Waals surface area contributed by atoms with Crippen molar-refractivity contribution in [3.05, 3.63) is 30.2 Å². The molecule has 0 bridgehead atoms. The summed E-state index contributed by atoms with van der Waals surface area (Å²) in [5, 5.41) is 9.24. The zero-order valence-electron chi connectivity index (χ0n) is 7.73. The highest BCUT2D eigenvalue weighted by molar-refractivity contribution is 5.72. The molecule has 1 aromatic heterocycles. The molecular weight excluding hydrogens is 178 g/mol. The van der Waals surface area contributed by atoms with Crippen molar-refractivity contribution >= 4 is 11.1 Å². The van der Waals surface area contributed by atoms with Crippen LogP contribution >= 0.6 is 0 Å². The number of aliphatic hydroxyl groups is 1. The molecule has 0 radical (unpaired) electrons. The molecule has 1 fully saturated rings. The predicted octanol–water partition coefficient (Wildman–Crippen LogP) is 1.85. The Bertz CT molecular complexity index is 438. The molecule has 2 aromatic rings. The van der Waals surface area contributed by atoms with Crippen molar-refractivity contribution in [2.45, 2.75) is 18.3 Å². The van der Waals surface area contributed by atoms with Crippen LogP contribution < -0.4 is 0 Å². The van der Waals surface area contributed by atoms with Gasteiger partial charge in [-0.3, -0.25) is 0 Å². The van der Waals surface area contributed by atoms with E-state index in [9.17, 15) is 5.11 Å². The molecule has 3 rings (SSSR count). The van der Waals surface area contributed by atoms with Crippen molar-refractivity contribution in [3.63, 3.8) is 0 Å². The fourth-order valence-electron chi connectivity index (χ4n) is 1.69. The number of hydrogen-bond acceptors (Lipinski definition) is 3. The van der Waals surface area contributed by atoms with Crippen molar-refractivity contribution < 1.29 is 9.52 Å². The van der Waals surface area contributed by atoms with E-state index < -0.39 is 0 Å². The van der Waals surface area contributed by atoms with E-state index in [4.69, 9.17) is 4.42 Å². The molecule has 0 aliphatic heterocycles. The Balaban J connectivity index is 2.15. The number of nitrogens with zero attached hydrogens (tertiary/aromatic N) is 1. The van der Waals surface area contributed by atoms with E-state index in [1.54, 1.807) is 0 Å². The number of fused-ring (bicyclic) bond motifs is 1. The molecule has 1 heterocycles. The molecule has 0 saturated heterocycles. The Hall–Kier alpha value is -1.35. The second-order valence-electron chi connectivity index (χ2n) is 3.93. The van der Waals surface area contributed by atoms with Gasteiger partial charge in [-0.05, 0) is 25.0 Å². The van der Waals surface area contributed by atoms with Crippen molar-refractivity contribution in [1.82, 2.24) is 4.98 Å². The lowest BCUT2D eigenvalue weighted by Crippen LogP contribution is -2.11. The first-order valence-electron chi connectivity index (χ1n) is 4.81. The zero-order chi connectivity index (χ0) is 9.60. The van der Waals surface area contributed by atoms with E-state index in [0.29, 0.717) is 5.89 Å². The molecule has 1 aliphatic carbocycles. The highest BCUT2D eigenvalue weighted by Gasteiger charge is 2.48. The van der Waals surface area contributed by atoms with E-state index in [0.717, 1.165) is 23.9 Å². The molecule has 14 heavy (non-hydrogen) atoms. The highest BCUT2D eigenvalue weighted by Crippen LogP contribution is 2.47. The number of oxazole rings is 1. The maximum atomic E-state index is 9.24. The molecule has 72 valence electrons. The Kier molecular flexibility index (Phi) is 1.47. The molecule has 1 aliphatic rings. The number of hydrogen-bond donors (Lipinski definition) is 1. The van der Waals surface area contributed by atoms with Gasteiger partial charge in [-0.25, -0.2) is 4.98 Å². The third kappa shape index (κ3) is 0.990. The van der Waals surface area contributed by atoms with Gasteiger partial charge in [0.25, 0.3) is 0 Å². The lowest BCUT2D eigenvalue weighted by Gasteiger charge is -2.03. The van der Waals surface area contributed by atoms with E-state index in [1.165, 1.54) is 0 Å². The monoisotopic (exact) mass is 189 g/mol. The van der Waals surface area contributed by atoms with Gasteiger partial charge >= 0.3 is 0 Å². The fraction of sp³-hybridized carbons (Fsp3) is 0.364. The summed E-state index contributed by atoms with van der Waals surface area (Å²) in [5.41, 5.74) is 1.52. The van der Waals surface area contributed by atoms with Crippen LogP contribution in [0.5, 0.6) is 0 Å². The van der Waals surface area contributed by atoms with Crippen LogP contribution in [0.4, 0.5) is 0 Å². The maximum Gasteiger partial charge on any atom is 0.204 e. The smallest absolute Gasteiger partial charge is 0.204 e. The topological polar surface area (TPSA) is 46.3 Å². The molecule has 0 unspecified atom stereocenters. The second-order valence-corrected chi connectivity index (χ2v) is 3.93. The Labute approximate surface area is 81.4 Å². The van der Waals surface area contributed by atoms with Gasteiger partial charge in [0.05, 0.1) is 12.0 Å². The summed E-state index contributed by atoms with van der Waals surface area (Å²) in [6.45, 7) is 0.139. The summed E-state index contributed by atoms with van der Waals surface area (Å²) >= 11 is 0. The molecule has 0 spiro atoms. The van der Waals surface area contributed by atoms with Crippen LogP contribution in [0.2, 0.25) is 0 Å². The number of rotatable bonds is 2. The lowest BCUT2D eigenvalue weighted by molar-refractivity contribution is 0.235. The second kappa shape index (κ2) is 2.58. The third-order valence-electron chi connectivity index (χ3n) is 2.90. The normalized spacial score (nSPS) is 18.6. The summed E-state index contributed by atoms with van der Waals surface area (Å²) in [4.78, 5) is 4.39. The molecule has 1 N–H and O–H groups in total. The van der Waals surface area contributed by atoms with Gasteiger partial charge in [-0.1, -0.05) is 12.1 Å². The average Bonchev–Trinajstić information content (AvgIpc) is 2.91. The zero-order valence-corrected chi connectivity index (χ0v) is 7.73. The van der Waals surface area contributed by atoms with Crippen LogP contribution in [0.25, 0.3) is 11.1 Å². The highest BCUT2D eigenvalue weighted by atomic mass is 16.4. The molecule has 0 atom stereocenters. The van der Waals surface area contributed by atoms with Crippen LogP contribution in [0.3, 0.4) is 0 Å². The van der Waals surface area contributed by atoms with E-state index >= 15 is 0 Å². The largest absolute Gasteiger partial charge is 0.440 e. The molecule has 0 amide bonds. The van der Waals surface area contributed by atoms with Gasteiger partial charge in [-0.2, -0.15) is 0 Å². The lowest BCUT2D eigenvalue weighted by atomic mass is 10.1. The molecular formula is C11H11NO2. The molecule has 3 nitrogen and oxygen atoms in total. The van der Waals surface area contributed by atoms with Crippen molar-refractivity contribution in [2.75, 3.05) is 6.61 Å². The predicted molar refractivity (Wildman–Crippen MR) is 52.0 cm³/mol. The average molecular weight is 189 g/mol. The van der Waals surface area contributed by atoms with Gasteiger partial charge < -0.3 is 9.52 Å². The first kappa shape index (κ1) is 8.00. The quantitative estimate of drug-likeness (QED) is 0.784. The van der Waals surface area contributed by atoms with Gasteiger partial charge in [-0.15, -0.1) is 0 Å². The fourth-order valence-corrected chi connectivity index (χ4v) is 1.69. The molecule has 1 aromatic carbocycles. The SMILES string of the molecule is OCC1(c2nc3ccccc3o2)CC1. The van der Waals surface area contributed by atoms with Crippen molar-refractivity contribution in [1.29, 1.82) is 0 Å². The van der Waals surface area contributed by atoms with Crippen LogP contribution in [-0.4, -0.2) is 16.7 Å². The van der Waals surface area contributed by atoms with Crippen LogP contribution in [0.15, 0.2) is 28.7 Å². The summed E-state index contributed by atoms with van der Waals surface area (Å²) in [6.07, 6.45) is 1.96. The van der Waals surface area contributed by atoms with Crippen LogP contribution in [-0.2, 0) is 5.41 Å². The Morgan fingerprint density at radius 3 is 2.79 bits per heavy atom. The van der Waals surface area contributed by atoms with E-state index in [-0.39, 0.29) is 12.0 Å². The van der Waals surface area contributed by atoms with E-state index in [2.05, 4.69) is 4.98 Å². The van der Waals surface area contributed by atoms with Crippen molar-refractivity contribution in [3.8, 4) is 0 Å². The van der Waals surface area contributed by atoms with Gasteiger partial charge in [0.15, 0.2) is 5.58 Å². The number of para-hydroxylation sites is 2. The minimum Gasteiger partial charge on any atom is -0.440 e. The first-order valence-corrected chi connectivity index (χ1v) is 4.81. The standard InChI is InChI=1S/C11H11NO2/c13-7-11(5-6-11)10-12-8-3-1-2-4-9(8)14-10/h1-4,13H,5-7H2. The third-order valence-corrected chi connectivity index (χ3v) is 2.90. The summed E-state index contributed by atoms with van der Waals surface area (Å²) in [6, 6.07) is 7.69. The van der Waals surface area contributed by atoms with Crippen LogP contribution in [0.1, 0.15) is 18.7 Å². The summed E-state index contributed by atoms with van der Waals surface area (Å²) < 4.78 is 5.62. The Morgan fingerprint density at radius 2 is 2.14 bits per heavy atom. The van der Waals surface area contributed by atoms with E-state index in [1.807, 2.05) is 24.3 Å². The summed E-state index contributed by atoms with van der Waals surface area (Å²) in [5.74, 6) is 0.696. The number of aromatic nitrogens is 1. The van der Waals surface area contributed by atoms with Gasteiger partial charge in [0.1, 0.15) is 5.52 Å². The molecule has 3 heteroatoms.